The molecule has 0 bridgehead atoms. The zero-order chi connectivity index (χ0) is 13.2. The predicted molar refractivity (Wildman–Crippen MR) is 81.2 cm³/mol. The van der Waals surface area contributed by atoms with Crippen molar-refractivity contribution in [1.82, 2.24) is 0 Å². The van der Waals surface area contributed by atoms with E-state index in [9.17, 15) is 0 Å². The van der Waals surface area contributed by atoms with E-state index < -0.39 is 0 Å². The topological polar surface area (TPSA) is 9.23 Å². The van der Waals surface area contributed by atoms with Gasteiger partial charge in [0.25, 0.3) is 0 Å². The molecule has 0 saturated carbocycles. The van der Waals surface area contributed by atoms with Gasteiger partial charge in [-0.05, 0) is 43.5 Å². The van der Waals surface area contributed by atoms with E-state index in [4.69, 9.17) is 4.74 Å². The minimum atomic E-state index is 0.540. The monoisotopic (exact) mass is 270 g/mol. The standard InChI is InChI=1S/C17H18OS/c1-12-7-8-16(13(2)9-12)18-11-15-10-14-5-3-4-6-17(14)19-15/h3-9,15H,10-11H2,1-2H3. The quantitative estimate of drug-likeness (QED) is 0.817. The number of rotatable bonds is 3. The average molecular weight is 270 g/mol. The van der Waals surface area contributed by atoms with Crippen molar-refractivity contribution < 1.29 is 4.74 Å². The summed E-state index contributed by atoms with van der Waals surface area (Å²) in [4.78, 5) is 1.41. The first kappa shape index (κ1) is 12.6. The lowest BCUT2D eigenvalue weighted by molar-refractivity contribution is 0.315. The minimum absolute atomic E-state index is 0.540. The smallest absolute Gasteiger partial charge is 0.122 e. The van der Waals surface area contributed by atoms with E-state index in [0.29, 0.717) is 5.25 Å². The van der Waals surface area contributed by atoms with Crippen molar-refractivity contribution in [2.45, 2.75) is 30.4 Å². The first-order valence-corrected chi connectivity index (χ1v) is 7.55. The van der Waals surface area contributed by atoms with Crippen LogP contribution in [0.25, 0.3) is 0 Å². The van der Waals surface area contributed by atoms with Crippen LogP contribution in [0.5, 0.6) is 5.75 Å². The van der Waals surface area contributed by atoms with Gasteiger partial charge >= 0.3 is 0 Å². The molecule has 0 radical (unpaired) electrons. The zero-order valence-electron chi connectivity index (χ0n) is 11.3. The number of hydrogen-bond acceptors (Lipinski definition) is 2. The molecule has 0 spiro atoms. The first-order valence-electron chi connectivity index (χ1n) is 6.67. The molecule has 1 aliphatic rings. The van der Waals surface area contributed by atoms with Crippen LogP contribution >= 0.6 is 11.8 Å². The third-order valence-electron chi connectivity index (χ3n) is 3.47. The molecule has 19 heavy (non-hydrogen) atoms. The Labute approximate surface area is 119 Å². The van der Waals surface area contributed by atoms with E-state index in [0.717, 1.165) is 18.8 Å². The van der Waals surface area contributed by atoms with Gasteiger partial charge in [-0.2, -0.15) is 0 Å². The van der Waals surface area contributed by atoms with Crippen molar-refractivity contribution >= 4 is 11.8 Å². The summed E-state index contributed by atoms with van der Waals surface area (Å²) >= 11 is 1.94. The number of fused-ring (bicyclic) bond motifs is 1. The van der Waals surface area contributed by atoms with Gasteiger partial charge in [-0.1, -0.05) is 35.9 Å². The maximum atomic E-state index is 5.99. The van der Waals surface area contributed by atoms with E-state index >= 15 is 0 Å². The summed E-state index contributed by atoms with van der Waals surface area (Å²) in [6.07, 6.45) is 1.12. The summed E-state index contributed by atoms with van der Waals surface area (Å²) in [5, 5.41) is 0.540. The number of thioether (sulfide) groups is 1. The maximum Gasteiger partial charge on any atom is 0.122 e. The molecule has 1 aliphatic heterocycles. The summed E-state index contributed by atoms with van der Waals surface area (Å²) in [6, 6.07) is 15.0. The average Bonchev–Trinajstić information content (AvgIpc) is 2.80. The molecule has 0 amide bonds. The summed E-state index contributed by atoms with van der Waals surface area (Å²) in [7, 11) is 0. The largest absolute Gasteiger partial charge is 0.492 e. The number of aryl methyl sites for hydroxylation is 2. The lowest BCUT2D eigenvalue weighted by Gasteiger charge is -2.13. The van der Waals surface area contributed by atoms with Crippen molar-refractivity contribution in [3.8, 4) is 5.75 Å². The van der Waals surface area contributed by atoms with Gasteiger partial charge in [-0.25, -0.2) is 0 Å². The highest BCUT2D eigenvalue weighted by atomic mass is 32.2. The Hall–Kier alpha value is -1.41. The Kier molecular flexibility index (Phi) is 3.52. The number of benzene rings is 2. The molecule has 0 saturated heterocycles. The lowest BCUT2D eigenvalue weighted by Crippen LogP contribution is -2.13. The zero-order valence-corrected chi connectivity index (χ0v) is 12.2. The third kappa shape index (κ3) is 2.79. The van der Waals surface area contributed by atoms with E-state index in [1.54, 1.807) is 0 Å². The highest BCUT2D eigenvalue weighted by Gasteiger charge is 2.22. The minimum Gasteiger partial charge on any atom is -0.492 e. The van der Waals surface area contributed by atoms with Crippen LogP contribution in [0.4, 0.5) is 0 Å². The van der Waals surface area contributed by atoms with Crippen molar-refractivity contribution in [2.24, 2.45) is 0 Å². The Morgan fingerprint density at radius 3 is 2.79 bits per heavy atom. The Morgan fingerprint density at radius 2 is 2.00 bits per heavy atom. The summed E-state index contributed by atoms with van der Waals surface area (Å²) in [5.41, 5.74) is 3.97. The first-order chi connectivity index (χ1) is 9.22. The van der Waals surface area contributed by atoms with Gasteiger partial charge in [0, 0.05) is 10.1 Å². The maximum absolute atomic E-state index is 5.99. The van der Waals surface area contributed by atoms with Crippen molar-refractivity contribution in [3.05, 3.63) is 59.2 Å². The third-order valence-corrected chi connectivity index (χ3v) is 4.76. The van der Waals surface area contributed by atoms with E-state index in [1.165, 1.54) is 21.6 Å². The van der Waals surface area contributed by atoms with Crippen LogP contribution < -0.4 is 4.74 Å². The molecular formula is C17H18OS. The predicted octanol–water partition coefficient (Wildman–Crippen LogP) is 4.40. The molecule has 1 unspecified atom stereocenters. The fourth-order valence-corrected chi connectivity index (χ4v) is 3.71. The van der Waals surface area contributed by atoms with E-state index in [-0.39, 0.29) is 0 Å². The van der Waals surface area contributed by atoms with Crippen molar-refractivity contribution in [1.29, 1.82) is 0 Å². The second-order valence-electron chi connectivity index (χ2n) is 5.13. The summed E-state index contributed by atoms with van der Waals surface area (Å²) < 4.78 is 5.99. The van der Waals surface area contributed by atoms with Crippen LogP contribution in [0.15, 0.2) is 47.4 Å². The highest BCUT2D eigenvalue weighted by molar-refractivity contribution is 8.00. The van der Waals surface area contributed by atoms with Crippen molar-refractivity contribution in [2.75, 3.05) is 6.61 Å². The van der Waals surface area contributed by atoms with Gasteiger partial charge < -0.3 is 4.74 Å². The molecule has 3 rings (SSSR count). The second-order valence-corrected chi connectivity index (χ2v) is 6.47. The summed E-state index contributed by atoms with van der Waals surface area (Å²) in [5.74, 6) is 1.02. The second kappa shape index (κ2) is 5.30. The molecular weight excluding hydrogens is 252 g/mol. The molecule has 2 heteroatoms. The van der Waals surface area contributed by atoms with Gasteiger partial charge in [-0.15, -0.1) is 11.8 Å². The van der Waals surface area contributed by atoms with E-state index in [2.05, 4.69) is 56.3 Å². The molecule has 2 aromatic carbocycles. The van der Waals surface area contributed by atoms with Crippen LogP contribution in [-0.2, 0) is 6.42 Å². The highest BCUT2D eigenvalue weighted by Crippen LogP contribution is 2.37. The molecule has 1 heterocycles. The lowest BCUT2D eigenvalue weighted by atomic mass is 10.1. The molecule has 0 fully saturated rings. The Bertz CT molecular complexity index is 567. The summed E-state index contributed by atoms with van der Waals surface area (Å²) in [6.45, 7) is 5.00. The SMILES string of the molecule is Cc1ccc(OCC2Cc3ccccc3S2)c(C)c1. The van der Waals surface area contributed by atoms with E-state index in [1.807, 2.05) is 11.8 Å². The van der Waals surface area contributed by atoms with Gasteiger partial charge in [0.05, 0.1) is 0 Å². The fraction of sp³-hybridized carbons (Fsp3) is 0.294. The van der Waals surface area contributed by atoms with Crippen molar-refractivity contribution in [3.63, 3.8) is 0 Å². The number of ether oxygens (including phenoxy) is 1. The molecule has 1 atom stereocenters. The molecule has 98 valence electrons. The number of hydrogen-bond donors (Lipinski definition) is 0. The normalized spacial score (nSPS) is 17.3. The van der Waals surface area contributed by atoms with Crippen LogP contribution in [0.3, 0.4) is 0 Å². The Balaban J connectivity index is 1.63. The molecule has 0 aliphatic carbocycles. The van der Waals surface area contributed by atoms with Gasteiger partial charge in [0.1, 0.15) is 12.4 Å². The van der Waals surface area contributed by atoms with Crippen LogP contribution in [0.2, 0.25) is 0 Å². The van der Waals surface area contributed by atoms with Gasteiger partial charge in [0.2, 0.25) is 0 Å². The van der Waals surface area contributed by atoms with Crippen LogP contribution in [-0.4, -0.2) is 11.9 Å². The van der Waals surface area contributed by atoms with Gasteiger partial charge in [0.15, 0.2) is 0 Å². The Morgan fingerprint density at radius 1 is 1.16 bits per heavy atom. The molecule has 1 nitrogen and oxygen atoms in total. The van der Waals surface area contributed by atoms with Crippen LogP contribution in [0.1, 0.15) is 16.7 Å². The molecule has 0 aromatic heterocycles. The fourth-order valence-electron chi connectivity index (χ4n) is 2.49. The van der Waals surface area contributed by atoms with Gasteiger partial charge in [-0.3, -0.25) is 0 Å². The van der Waals surface area contributed by atoms with Crippen LogP contribution in [0, 0.1) is 13.8 Å². The molecule has 2 aromatic rings. The molecule has 0 N–H and O–H groups in total.